The van der Waals surface area contributed by atoms with Crippen LogP contribution in [0.1, 0.15) is 35.2 Å². The number of hydrogen-bond donors (Lipinski definition) is 2. The van der Waals surface area contributed by atoms with Crippen LogP contribution >= 0.6 is 0 Å². The highest BCUT2D eigenvalue weighted by molar-refractivity contribution is 7.92. The third-order valence-corrected chi connectivity index (χ3v) is 6.08. The second kappa shape index (κ2) is 8.58. The topological polar surface area (TPSA) is 122 Å². The minimum atomic E-state index is -4.01. The fourth-order valence-corrected chi connectivity index (χ4v) is 4.15. The van der Waals surface area contributed by atoms with Gasteiger partial charge in [0.25, 0.3) is 21.6 Å². The molecule has 1 saturated heterocycles. The van der Waals surface area contributed by atoms with Crippen LogP contribution in [-0.4, -0.2) is 37.3 Å². The molecule has 0 atom stereocenters. The highest BCUT2D eigenvalue weighted by atomic mass is 32.2. The first-order chi connectivity index (χ1) is 13.8. The van der Waals surface area contributed by atoms with Gasteiger partial charge in [-0.1, -0.05) is 12.5 Å². The van der Waals surface area contributed by atoms with E-state index in [9.17, 15) is 23.3 Å². The summed E-state index contributed by atoms with van der Waals surface area (Å²) in [5.74, 6) is -0.254. The lowest BCUT2D eigenvalue weighted by molar-refractivity contribution is -0.385. The Morgan fingerprint density at radius 2 is 1.72 bits per heavy atom. The highest BCUT2D eigenvalue weighted by Crippen LogP contribution is 2.24. The lowest BCUT2D eigenvalue weighted by Gasteiger charge is -2.26. The van der Waals surface area contributed by atoms with Crippen molar-refractivity contribution in [3.63, 3.8) is 0 Å². The number of hydrazine groups is 1. The second-order valence-electron chi connectivity index (χ2n) is 6.88. The number of nitro groups is 1. The number of aryl methyl sites for hydroxylation is 1. The lowest BCUT2D eigenvalue weighted by Crippen LogP contribution is -2.45. The summed E-state index contributed by atoms with van der Waals surface area (Å²) in [7, 11) is -4.01. The van der Waals surface area contributed by atoms with Crippen molar-refractivity contribution in [3.8, 4) is 0 Å². The van der Waals surface area contributed by atoms with E-state index in [0.717, 1.165) is 38.4 Å². The Bertz CT molecular complexity index is 1020. The molecule has 9 nitrogen and oxygen atoms in total. The van der Waals surface area contributed by atoms with E-state index in [1.165, 1.54) is 43.3 Å². The summed E-state index contributed by atoms with van der Waals surface area (Å²) >= 11 is 0. The summed E-state index contributed by atoms with van der Waals surface area (Å²) in [6.45, 7) is 3.16. The zero-order chi connectivity index (χ0) is 21.0. The third kappa shape index (κ3) is 5.09. The number of amides is 1. The molecule has 29 heavy (non-hydrogen) atoms. The summed E-state index contributed by atoms with van der Waals surface area (Å²) in [6.07, 6.45) is 3.24. The van der Waals surface area contributed by atoms with Gasteiger partial charge in [0.05, 0.1) is 9.82 Å². The summed E-state index contributed by atoms with van der Waals surface area (Å²) in [5.41, 5.74) is 3.61. The summed E-state index contributed by atoms with van der Waals surface area (Å²) < 4.78 is 27.5. The molecule has 0 spiro atoms. The quantitative estimate of drug-likeness (QED) is 0.549. The van der Waals surface area contributed by atoms with Crippen molar-refractivity contribution < 1.29 is 18.1 Å². The molecule has 3 rings (SSSR count). The zero-order valence-corrected chi connectivity index (χ0v) is 16.7. The number of piperidine rings is 1. The van der Waals surface area contributed by atoms with Gasteiger partial charge >= 0.3 is 0 Å². The van der Waals surface area contributed by atoms with E-state index in [1.807, 2.05) is 5.01 Å². The number of nitrogens with one attached hydrogen (secondary N) is 2. The van der Waals surface area contributed by atoms with Crippen LogP contribution in [0.4, 0.5) is 11.4 Å². The van der Waals surface area contributed by atoms with Crippen LogP contribution in [0.25, 0.3) is 0 Å². The Morgan fingerprint density at radius 3 is 2.34 bits per heavy atom. The van der Waals surface area contributed by atoms with E-state index in [4.69, 9.17) is 0 Å². The molecule has 0 saturated carbocycles. The third-order valence-electron chi connectivity index (χ3n) is 4.70. The van der Waals surface area contributed by atoms with Crippen LogP contribution in [0.5, 0.6) is 0 Å². The first kappa shape index (κ1) is 20.7. The molecule has 2 N–H and O–H groups in total. The molecule has 10 heteroatoms. The molecule has 1 aliphatic rings. The molecule has 2 aromatic carbocycles. The van der Waals surface area contributed by atoms with E-state index >= 15 is 0 Å². The van der Waals surface area contributed by atoms with Crippen molar-refractivity contribution in [2.75, 3.05) is 17.8 Å². The predicted molar refractivity (Wildman–Crippen MR) is 108 cm³/mol. The largest absolute Gasteiger partial charge is 0.285 e. The SMILES string of the molecule is Cc1ccc(S(=O)(=O)Nc2ccc(C(=O)NN3CCCCC3)cc2)cc1[N+](=O)[O-]. The van der Waals surface area contributed by atoms with E-state index in [0.29, 0.717) is 11.1 Å². The number of nitrogens with zero attached hydrogens (tertiary/aromatic N) is 2. The van der Waals surface area contributed by atoms with Gasteiger partial charge in [0, 0.05) is 36.0 Å². The number of carbonyl (C=O) groups is 1. The Morgan fingerprint density at radius 1 is 1.07 bits per heavy atom. The average molecular weight is 418 g/mol. The molecule has 0 unspecified atom stereocenters. The molecule has 0 bridgehead atoms. The number of carbonyl (C=O) groups excluding carboxylic acids is 1. The zero-order valence-electron chi connectivity index (χ0n) is 15.9. The highest BCUT2D eigenvalue weighted by Gasteiger charge is 2.20. The molecule has 1 amide bonds. The minimum Gasteiger partial charge on any atom is -0.285 e. The second-order valence-corrected chi connectivity index (χ2v) is 8.56. The molecular formula is C19H22N4O5S. The van der Waals surface area contributed by atoms with Gasteiger partial charge in [-0.25, -0.2) is 13.4 Å². The molecule has 1 heterocycles. The van der Waals surface area contributed by atoms with Crippen LogP contribution in [0, 0.1) is 17.0 Å². The molecule has 2 aromatic rings. The van der Waals surface area contributed by atoms with Crippen molar-refractivity contribution in [2.24, 2.45) is 0 Å². The Labute approximate surface area is 168 Å². The van der Waals surface area contributed by atoms with Crippen LogP contribution in [0.2, 0.25) is 0 Å². The Kier molecular flexibility index (Phi) is 6.14. The van der Waals surface area contributed by atoms with Crippen molar-refractivity contribution in [2.45, 2.75) is 31.1 Å². The van der Waals surface area contributed by atoms with Crippen molar-refractivity contribution in [1.29, 1.82) is 0 Å². The molecular weight excluding hydrogens is 396 g/mol. The van der Waals surface area contributed by atoms with E-state index < -0.39 is 14.9 Å². The van der Waals surface area contributed by atoms with Gasteiger partial charge < -0.3 is 0 Å². The Hall–Kier alpha value is -2.98. The van der Waals surface area contributed by atoms with Crippen molar-refractivity contribution in [3.05, 3.63) is 63.7 Å². The van der Waals surface area contributed by atoms with Gasteiger partial charge in [-0.2, -0.15) is 0 Å². The molecule has 1 aliphatic heterocycles. The number of hydrogen-bond acceptors (Lipinski definition) is 6. The van der Waals surface area contributed by atoms with Gasteiger partial charge in [0.15, 0.2) is 0 Å². The van der Waals surface area contributed by atoms with E-state index in [1.54, 1.807) is 0 Å². The number of sulfonamides is 1. The standard InChI is InChI=1S/C19H22N4O5S/c1-14-5-10-17(13-18(14)23(25)26)29(27,28)21-16-8-6-15(7-9-16)19(24)20-22-11-3-2-4-12-22/h5-10,13,21H,2-4,11-12H2,1H3,(H,20,24). The van der Waals surface area contributed by atoms with E-state index in [-0.39, 0.29) is 22.2 Å². The maximum absolute atomic E-state index is 12.5. The first-order valence-electron chi connectivity index (χ1n) is 9.20. The predicted octanol–water partition coefficient (Wildman–Crippen LogP) is 2.83. The molecule has 0 aliphatic carbocycles. The number of anilines is 1. The molecule has 1 fully saturated rings. The van der Waals surface area contributed by atoms with Gasteiger partial charge in [0.1, 0.15) is 0 Å². The Balaban J connectivity index is 1.71. The lowest BCUT2D eigenvalue weighted by atomic mass is 10.1. The summed E-state index contributed by atoms with van der Waals surface area (Å²) in [4.78, 5) is 22.5. The number of benzene rings is 2. The van der Waals surface area contributed by atoms with Crippen molar-refractivity contribution in [1.82, 2.24) is 10.4 Å². The van der Waals surface area contributed by atoms with Crippen LogP contribution in [0.15, 0.2) is 47.4 Å². The maximum atomic E-state index is 12.5. The summed E-state index contributed by atoms with van der Waals surface area (Å²) in [6, 6.07) is 9.73. The van der Waals surface area contributed by atoms with Gasteiger partial charge in [-0.3, -0.25) is 25.1 Å². The van der Waals surface area contributed by atoms with Gasteiger partial charge in [-0.15, -0.1) is 0 Å². The van der Waals surface area contributed by atoms with Crippen LogP contribution in [-0.2, 0) is 10.0 Å². The average Bonchev–Trinajstić information content (AvgIpc) is 2.69. The normalized spacial score (nSPS) is 14.9. The maximum Gasteiger partial charge on any atom is 0.273 e. The minimum absolute atomic E-state index is 0.207. The fourth-order valence-electron chi connectivity index (χ4n) is 3.07. The molecule has 154 valence electrons. The van der Waals surface area contributed by atoms with Crippen LogP contribution in [0.3, 0.4) is 0 Å². The summed E-state index contributed by atoms with van der Waals surface area (Å²) in [5, 5.41) is 12.9. The van der Waals surface area contributed by atoms with Crippen LogP contribution < -0.4 is 10.1 Å². The molecule has 0 aromatic heterocycles. The fraction of sp³-hybridized carbons (Fsp3) is 0.316. The van der Waals surface area contributed by atoms with Crippen molar-refractivity contribution >= 4 is 27.3 Å². The van der Waals surface area contributed by atoms with E-state index in [2.05, 4.69) is 10.1 Å². The van der Waals surface area contributed by atoms with Gasteiger partial charge in [-0.05, 0) is 50.1 Å². The number of nitro benzene ring substituents is 1. The molecule has 0 radical (unpaired) electrons. The number of rotatable bonds is 6. The smallest absolute Gasteiger partial charge is 0.273 e. The first-order valence-corrected chi connectivity index (χ1v) is 10.7. The monoisotopic (exact) mass is 418 g/mol. The van der Waals surface area contributed by atoms with Gasteiger partial charge in [0.2, 0.25) is 0 Å².